The Bertz CT molecular complexity index is 710. The average Bonchev–Trinajstić information content (AvgIpc) is 2.47. The molecule has 5 nitrogen and oxygen atoms in total. The van der Waals surface area contributed by atoms with Gasteiger partial charge in [-0.25, -0.2) is 8.42 Å². The molecule has 0 saturated heterocycles. The van der Waals surface area contributed by atoms with Gasteiger partial charge >= 0.3 is 0 Å². The van der Waals surface area contributed by atoms with E-state index in [1.54, 1.807) is 24.3 Å². The molecule has 110 valence electrons. The molecule has 0 atom stereocenters. The summed E-state index contributed by atoms with van der Waals surface area (Å²) in [6.45, 7) is 1.87. The van der Waals surface area contributed by atoms with Crippen molar-refractivity contribution in [2.75, 3.05) is 0 Å². The highest BCUT2D eigenvalue weighted by Gasteiger charge is 2.14. The van der Waals surface area contributed by atoms with Gasteiger partial charge in [-0.15, -0.1) is 4.83 Å². The number of aryl methyl sites for hydroxylation is 1. The molecule has 0 aliphatic rings. The van der Waals surface area contributed by atoms with Gasteiger partial charge in [-0.3, -0.25) is 10.2 Å². The first kappa shape index (κ1) is 15.2. The zero-order valence-electron chi connectivity index (χ0n) is 11.5. The highest BCUT2D eigenvalue weighted by Crippen LogP contribution is 2.09. The van der Waals surface area contributed by atoms with Crippen molar-refractivity contribution in [2.24, 2.45) is 0 Å². The largest absolute Gasteiger partial charge is 0.277 e. The van der Waals surface area contributed by atoms with E-state index in [9.17, 15) is 13.2 Å². The van der Waals surface area contributed by atoms with Crippen molar-refractivity contribution in [1.29, 1.82) is 0 Å². The fourth-order valence-corrected chi connectivity index (χ4v) is 2.59. The van der Waals surface area contributed by atoms with Crippen molar-refractivity contribution in [2.45, 2.75) is 18.2 Å². The van der Waals surface area contributed by atoms with Crippen LogP contribution in [0.3, 0.4) is 0 Å². The molecule has 0 saturated carbocycles. The molecule has 0 aliphatic heterocycles. The number of benzene rings is 2. The molecule has 0 heterocycles. The molecular formula is C15H16N2O3S. The number of carbonyl (C=O) groups excluding carboxylic acids is 1. The van der Waals surface area contributed by atoms with Crippen LogP contribution in [0, 0.1) is 6.92 Å². The SMILES string of the molecule is Cc1ccc(S(=O)(=O)NNC(=O)Cc2ccccc2)cc1. The van der Waals surface area contributed by atoms with Crippen LogP contribution in [-0.4, -0.2) is 14.3 Å². The lowest BCUT2D eigenvalue weighted by molar-refractivity contribution is -0.120. The van der Waals surface area contributed by atoms with E-state index >= 15 is 0 Å². The predicted octanol–water partition coefficient (Wildman–Crippen LogP) is 1.55. The second kappa shape index (κ2) is 6.51. The molecule has 1 amide bonds. The molecule has 0 fully saturated rings. The standard InChI is InChI=1S/C15H16N2O3S/c1-12-7-9-14(10-8-12)21(19,20)17-16-15(18)11-13-5-3-2-4-6-13/h2-10,17H,11H2,1H3,(H,16,18). The fourth-order valence-electron chi connectivity index (χ4n) is 1.73. The van der Waals surface area contributed by atoms with Crippen LogP contribution in [0.1, 0.15) is 11.1 Å². The van der Waals surface area contributed by atoms with E-state index in [2.05, 4.69) is 10.3 Å². The molecule has 0 spiro atoms. The minimum Gasteiger partial charge on any atom is -0.277 e. The summed E-state index contributed by atoms with van der Waals surface area (Å²) in [4.78, 5) is 13.9. The molecule has 2 aromatic carbocycles. The molecular weight excluding hydrogens is 288 g/mol. The number of hydrogen-bond donors (Lipinski definition) is 2. The van der Waals surface area contributed by atoms with E-state index in [4.69, 9.17) is 0 Å². The van der Waals surface area contributed by atoms with Crippen LogP contribution in [0.15, 0.2) is 59.5 Å². The fraction of sp³-hybridized carbons (Fsp3) is 0.133. The summed E-state index contributed by atoms with van der Waals surface area (Å²) < 4.78 is 23.9. The number of rotatable bonds is 5. The molecule has 6 heteroatoms. The van der Waals surface area contributed by atoms with E-state index in [0.29, 0.717) is 0 Å². The Morgan fingerprint density at radius 2 is 1.62 bits per heavy atom. The van der Waals surface area contributed by atoms with Crippen LogP contribution in [-0.2, 0) is 21.2 Å². The smallest absolute Gasteiger partial charge is 0.257 e. The van der Waals surface area contributed by atoms with Crippen LogP contribution >= 0.6 is 0 Å². The van der Waals surface area contributed by atoms with Crippen molar-refractivity contribution < 1.29 is 13.2 Å². The Morgan fingerprint density at radius 3 is 2.24 bits per heavy atom. The third-order valence-corrected chi connectivity index (χ3v) is 4.13. The van der Waals surface area contributed by atoms with Gasteiger partial charge in [0, 0.05) is 0 Å². The zero-order valence-corrected chi connectivity index (χ0v) is 12.4. The summed E-state index contributed by atoms with van der Waals surface area (Å²) in [6, 6.07) is 15.4. The Morgan fingerprint density at radius 1 is 1.00 bits per heavy atom. The molecule has 0 radical (unpaired) electrons. The number of amides is 1. The third kappa shape index (κ3) is 4.40. The third-order valence-electron chi connectivity index (χ3n) is 2.86. The van der Waals surface area contributed by atoms with Crippen molar-refractivity contribution in [3.63, 3.8) is 0 Å². The molecule has 2 rings (SSSR count). The van der Waals surface area contributed by atoms with Crippen molar-refractivity contribution in [1.82, 2.24) is 10.3 Å². The number of hydrazine groups is 1. The highest BCUT2D eigenvalue weighted by atomic mass is 32.2. The van der Waals surface area contributed by atoms with Crippen molar-refractivity contribution in [3.05, 3.63) is 65.7 Å². The number of hydrogen-bond acceptors (Lipinski definition) is 3. The van der Waals surface area contributed by atoms with Gasteiger partial charge in [0.25, 0.3) is 10.0 Å². The minimum absolute atomic E-state index is 0.105. The van der Waals surface area contributed by atoms with Gasteiger partial charge in [-0.05, 0) is 24.6 Å². The van der Waals surface area contributed by atoms with E-state index in [1.807, 2.05) is 25.1 Å². The minimum atomic E-state index is -3.75. The molecule has 0 aromatic heterocycles. The Labute approximate surface area is 124 Å². The van der Waals surface area contributed by atoms with Gasteiger partial charge in [-0.1, -0.05) is 48.0 Å². The monoisotopic (exact) mass is 304 g/mol. The lowest BCUT2D eigenvalue weighted by Gasteiger charge is -2.08. The average molecular weight is 304 g/mol. The topological polar surface area (TPSA) is 75.3 Å². The van der Waals surface area contributed by atoms with E-state index in [0.717, 1.165) is 11.1 Å². The number of carbonyl (C=O) groups is 1. The van der Waals surface area contributed by atoms with Crippen molar-refractivity contribution in [3.8, 4) is 0 Å². The molecule has 2 aromatic rings. The second-order valence-electron chi connectivity index (χ2n) is 4.63. The maximum absolute atomic E-state index is 12.0. The number of nitrogens with one attached hydrogen (secondary N) is 2. The predicted molar refractivity (Wildman–Crippen MR) is 79.8 cm³/mol. The first-order valence-electron chi connectivity index (χ1n) is 6.38. The normalized spacial score (nSPS) is 11.1. The first-order valence-corrected chi connectivity index (χ1v) is 7.87. The molecule has 21 heavy (non-hydrogen) atoms. The van der Waals surface area contributed by atoms with E-state index in [-0.39, 0.29) is 11.3 Å². The van der Waals surface area contributed by atoms with Crippen LogP contribution < -0.4 is 10.3 Å². The zero-order chi connectivity index (χ0) is 15.3. The Hall–Kier alpha value is -2.18. The first-order chi connectivity index (χ1) is 9.97. The molecule has 2 N–H and O–H groups in total. The summed E-state index contributed by atoms with van der Waals surface area (Å²) in [5.74, 6) is -0.420. The summed E-state index contributed by atoms with van der Waals surface area (Å²) in [5, 5.41) is 0. The lowest BCUT2D eigenvalue weighted by Crippen LogP contribution is -2.42. The van der Waals surface area contributed by atoms with Gasteiger partial charge < -0.3 is 0 Å². The quantitative estimate of drug-likeness (QED) is 0.823. The van der Waals surface area contributed by atoms with E-state index in [1.165, 1.54) is 12.1 Å². The van der Waals surface area contributed by atoms with Gasteiger partial charge in [0.1, 0.15) is 0 Å². The number of sulfonamides is 1. The van der Waals surface area contributed by atoms with Crippen LogP contribution in [0.4, 0.5) is 0 Å². The van der Waals surface area contributed by atoms with Crippen LogP contribution in [0.5, 0.6) is 0 Å². The van der Waals surface area contributed by atoms with Crippen molar-refractivity contribution >= 4 is 15.9 Å². The maximum Gasteiger partial charge on any atom is 0.257 e. The van der Waals surface area contributed by atoms with Crippen LogP contribution in [0.25, 0.3) is 0 Å². The van der Waals surface area contributed by atoms with Gasteiger partial charge in [0.05, 0.1) is 11.3 Å². The lowest BCUT2D eigenvalue weighted by atomic mass is 10.1. The summed E-state index contributed by atoms with van der Waals surface area (Å²) >= 11 is 0. The summed E-state index contributed by atoms with van der Waals surface area (Å²) in [6.07, 6.45) is 0.108. The maximum atomic E-state index is 12.0. The van der Waals surface area contributed by atoms with Gasteiger partial charge in [0.2, 0.25) is 5.91 Å². The molecule has 0 bridgehead atoms. The van der Waals surface area contributed by atoms with Crippen LogP contribution in [0.2, 0.25) is 0 Å². The summed E-state index contributed by atoms with van der Waals surface area (Å²) in [5.41, 5.74) is 3.98. The highest BCUT2D eigenvalue weighted by molar-refractivity contribution is 7.89. The van der Waals surface area contributed by atoms with E-state index < -0.39 is 15.9 Å². The second-order valence-corrected chi connectivity index (χ2v) is 6.31. The molecule has 0 aliphatic carbocycles. The van der Waals surface area contributed by atoms with Gasteiger partial charge in [-0.2, -0.15) is 0 Å². The summed E-state index contributed by atoms with van der Waals surface area (Å²) in [7, 11) is -3.75. The molecule has 0 unspecified atom stereocenters. The Kier molecular flexibility index (Phi) is 4.72. The Balaban J connectivity index is 1.95. The van der Waals surface area contributed by atoms with Gasteiger partial charge in [0.15, 0.2) is 0 Å².